The van der Waals surface area contributed by atoms with Crippen molar-refractivity contribution in [3.63, 3.8) is 0 Å². The lowest BCUT2D eigenvalue weighted by molar-refractivity contribution is -0.134. The summed E-state index contributed by atoms with van der Waals surface area (Å²) in [5.74, 6) is 0.405. The highest BCUT2D eigenvalue weighted by Crippen LogP contribution is 2.25. The van der Waals surface area contributed by atoms with Gasteiger partial charge in [0.15, 0.2) is 5.75 Å². The van der Waals surface area contributed by atoms with Crippen LogP contribution in [0.25, 0.3) is 21.8 Å². The summed E-state index contributed by atoms with van der Waals surface area (Å²) in [4.78, 5) is 18.5. The molecule has 120 valence electrons. The van der Waals surface area contributed by atoms with Crippen molar-refractivity contribution < 1.29 is 9.53 Å². The Hall–Kier alpha value is -3.01. The predicted molar refractivity (Wildman–Crippen MR) is 95.2 cm³/mol. The number of aryl methyl sites for hydroxylation is 1. The molecule has 0 fully saturated rings. The van der Waals surface area contributed by atoms with Gasteiger partial charge in [-0.1, -0.05) is 30.3 Å². The highest BCUT2D eigenvalue weighted by molar-refractivity contribution is 5.88. The molecule has 0 amide bonds. The third-order valence-electron chi connectivity index (χ3n) is 4.28. The molecule has 0 saturated carbocycles. The van der Waals surface area contributed by atoms with Crippen molar-refractivity contribution >= 4 is 27.8 Å². The largest absolute Gasteiger partial charge is 0.424 e. The Balaban J connectivity index is 1.37. The number of H-pyrrole nitrogens is 2. The summed E-state index contributed by atoms with van der Waals surface area (Å²) >= 11 is 0. The molecule has 4 rings (SSSR count). The van der Waals surface area contributed by atoms with Crippen LogP contribution in [-0.2, 0) is 11.2 Å². The number of hydrogen-bond donors (Lipinski definition) is 2. The van der Waals surface area contributed by atoms with Crippen molar-refractivity contribution in [2.45, 2.75) is 19.3 Å². The Kier molecular flexibility index (Phi) is 3.79. The van der Waals surface area contributed by atoms with E-state index in [1.54, 1.807) is 6.20 Å². The van der Waals surface area contributed by atoms with Gasteiger partial charge in [0.25, 0.3) is 0 Å². The van der Waals surface area contributed by atoms with Gasteiger partial charge in [0.1, 0.15) is 0 Å². The van der Waals surface area contributed by atoms with Crippen LogP contribution >= 0.6 is 0 Å². The zero-order chi connectivity index (χ0) is 16.4. The maximum Gasteiger partial charge on any atom is 0.311 e. The number of para-hydroxylation sites is 2. The molecule has 4 nitrogen and oxygen atoms in total. The summed E-state index contributed by atoms with van der Waals surface area (Å²) in [5.41, 5.74) is 3.35. The Labute approximate surface area is 139 Å². The molecule has 0 radical (unpaired) electrons. The van der Waals surface area contributed by atoms with Crippen molar-refractivity contribution in [3.05, 3.63) is 66.5 Å². The molecule has 0 spiro atoms. The molecule has 2 aromatic carbocycles. The highest BCUT2D eigenvalue weighted by atomic mass is 16.5. The van der Waals surface area contributed by atoms with Crippen LogP contribution in [0.15, 0.2) is 60.9 Å². The van der Waals surface area contributed by atoms with E-state index in [9.17, 15) is 4.79 Å². The van der Waals surface area contributed by atoms with Gasteiger partial charge < -0.3 is 14.7 Å². The summed E-state index contributed by atoms with van der Waals surface area (Å²) in [7, 11) is 0. The minimum atomic E-state index is -0.195. The summed E-state index contributed by atoms with van der Waals surface area (Å²) in [6, 6.07) is 16.0. The number of aromatic amines is 2. The molecule has 0 aliphatic heterocycles. The molecular weight excluding hydrogens is 300 g/mol. The molecule has 0 aliphatic rings. The quantitative estimate of drug-likeness (QED) is 0.529. The van der Waals surface area contributed by atoms with Gasteiger partial charge in [-0.3, -0.25) is 4.79 Å². The number of esters is 1. The lowest BCUT2D eigenvalue weighted by Gasteiger charge is -2.03. The normalized spacial score (nSPS) is 11.2. The average molecular weight is 318 g/mol. The van der Waals surface area contributed by atoms with Gasteiger partial charge in [0.05, 0.1) is 0 Å². The third kappa shape index (κ3) is 2.78. The van der Waals surface area contributed by atoms with Crippen molar-refractivity contribution in [1.82, 2.24) is 9.97 Å². The van der Waals surface area contributed by atoms with E-state index in [-0.39, 0.29) is 5.97 Å². The summed E-state index contributed by atoms with van der Waals surface area (Å²) in [5, 5.41) is 2.16. The Bertz CT molecular complexity index is 997. The van der Waals surface area contributed by atoms with Crippen LogP contribution in [0.5, 0.6) is 5.75 Å². The first-order valence-electron chi connectivity index (χ1n) is 8.13. The van der Waals surface area contributed by atoms with E-state index >= 15 is 0 Å². The number of nitrogens with one attached hydrogen (secondary N) is 2. The second-order valence-corrected chi connectivity index (χ2v) is 5.89. The summed E-state index contributed by atoms with van der Waals surface area (Å²) < 4.78 is 5.50. The van der Waals surface area contributed by atoms with Crippen LogP contribution < -0.4 is 4.74 Å². The van der Waals surface area contributed by atoms with Gasteiger partial charge in [0.2, 0.25) is 0 Å². The number of benzene rings is 2. The molecule has 0 atom stereocenters. The topological polar surface area (TPSA) is 57.9 Å². The Morgan fingerprint density at radius 2 is 1.54 bits per heavy atom. The molecule has 2 aromatic heterocycles. The highest BCUT2D eigenvalue weighted by Gasteiger charge is 2.10. The minimum absolute atomic E-state index is 0.195. The molecule has 2 N–H and O–H groups in total. The fourth-order valence-electron chi connectivity index (χ4n) is 3.06. The first kappa shape index (κ1) is 14.6. The Morgan fingerprint density at radius 3 is 2.38 bits per heavy atom. The van der Waals surface area contributed by atoms with Crippen LogP contribution in [0.3, 0.4) is 0 Å². The van der Waals surface area contributed by atoms with Crippen LogP contribution in [0.1, 0.15) is 18.4 Å². The number of rotatable bonds is 5. The number of ether oxygens (including phenoxy) is 1. The molecule has 0 saturated heterocycles. The summed E-state index contributed by atoms with van der Waals surface area (Å²) in [6.07, 6.45) is 5.78. The SMILES string of the molecule is O=C(CCCc1c[nH]c2ccccc12)Oc1c[nH]c2ccccc12. The molecular formula is C20H18N2O2. The van der Waals surface area contributed by atoms with E-state index in [2.05, 4.69) is 22.1 Å². The number of carbonyl (C=O) groups is 1. The van der Waals surface area contributed by atoms with Crippen LogP contribution in [0.2, 0.25) is 0 Å². The van der Waals surface area contributed by atoms with E-state index in [1.165, 1.54) is 10.9 Å². The minimum Gasteiger partial charge on any atom is -0.424 e. The standard InChI is InChI=1S/C20H18N2O2/c23-20(24-19-13-22-18-10-4-2-8-16(18)19)11-5-6-14-12-21-17-9-3-1-7-15(14)17/h1-4,7-10,12-13,21-22H,5-6,11H2. The zero-order valence-electron chi connectivity index (χ0n) is 13.2. The van der Waals surface area contributed by atoms with Crippen molar-refractivity contribution in [3.8, 4) is 5.75 Å². The lowest BCUT2D eigenvalue weighted by Crippen LogP contribution is -2.07. The monoisotopic (exact) mass is 318 g/mol. The van der Waals surface area contributed by atoms with E-state index in [0.29, 0.717) is 12.2 Å². The molecule has 0 aliphatic carbocycles. The number of aromatic nitrogens is 2. The van der Waals surface area contributed by atoms with E-state index in [4.69, 9.17) is 4.74 Å². The van der Waals surface area contributed by atoms with Crippen molar-refractivity contribution in [2.24, 2.45) is 0 Å². The average Bonchev–Trinajstić information content (AvgIpc) is 3.20. The fraction of sp³-hybridized carbons (Fsp3) is 0.150. The van der Waals surface area contributed by atoms with Crippen LogP contribution in [0, 0.1) is 0 Å². The smallest absolute Gasteiger partial charge is 0.311 e. The van der Waals surface area contributed by atoms with Crippen molar-refractivity contribution in [1.29, 1.82) is 0 Å². The molecule has 4 heteroatoms. The first-order valence-corrected chi connectivity index (χ1v) is 8.13. The van der Waals surface area contributed by atoms with Gasteiger partial charge in [-0.25, -0.2) is 0 Å². The van der Waals surface area contributed by atoms with Gasteiger partial charge in [-0.05, 0) is 36.6 Å². The number of hydrogen-bond acceptors (Lipinski definition) is 2. The van der Waals surface area contributed by atoms with Crippen LogP contribution in [-0.4, -0.2) is 15.9 Å². The molecule has 2 heterocycles. The zero-order valence-corrected chi connectivity index (χ0v) is 13.2. The molecule has 24 heavy (non-hydrogen) atoms. The molecule has 4 aromatic rings. The maximum atomic E-state index is 12.1. The first-order chi connectivity index (χ1) is 11.8. The number of carbonyl (C=O) groups excluding carboxylic acids is 1. The molecule has 0 unspecified atom stereocenters. The maximum absolute atomic E-state index is 12.1. The van der Waals surface area contributed by atoms with E-state index in [1.807, 2.05) is 42.6 Å². The van der Waals surface area contributed by atoms with Gasteiger partial charge >= 0.3 is 5.97 Å². The summed E-state index contributed by atoms with van der Waals surface area (Å²) in [6.45, 7) is 0. The van der Waals surface area contributed by atoms with Gasteiger partial charge in [0, 0.05) is 40.6 Å². The molecule has 0 bridgehead atoms. The van der Waals surface area contributed by atoms with Gasteiger partial charge in [-0.15, -0.1) is 0 Å². The van der Waals surface area contributed by atoms with Crippen LogP contribution in [0.4, 0.5) is 0 Å². The number of fused-ring (bicyclic) bond motifs is 2. The van der Waals surface area contributed by atoms with Crippen molar-refractivity contribution in [2.75, 3.05) is 0 Å². The second kappa shape index (κ2) is 6.24. The van der Waals surface area contributed by atoms with E-state index in [0.717, 1.165) is 29.3 Å². The fourth-order valence-corrected chi connectivity index (χ4v) is 3.06. The predicted octanol–water partition coefficient (Wildman–Crippen LogP) is 4.58. The Morgan fingerprint density at radius 1 is 0.875 bits per heavy atom. The lowest BCUT2D eigenvalue weighted by atomic mass is 10.1. The van der Waals surface area contributed by atoms with E-state index < -0.39 is 0 Å². The van der Waals surface area contributed by atoms with Gasteiger partial charge in [-0.2, -0.15) is 0 Å². The second-order valence-electron chi connectivity index (χ2n) is 5.89. The third-order valence-corrected chi connectivity index (χ3v) is 4.28.